The van der Waals surface area contributed by atoms with Gasteiger partial charge in [0.15, 0.2) is 11.5 Å². The molecule has 1 aromatic carbocycles. The molecule has 0 bridgehead atoms. The van der Waals surface area contributed by atoms with Crippen LogP contribution in [0.5, 0.6) is 11.5 Å². The number of nitrogens with one attached hydrogen (secondary N) is 1. The maximum atomic E-state index is 11.8. The Balaban J connectivity index is 2.08. The van der Waals surface area contributed by atoms with Gasteiger partial charge < -0.3 is 19.5 Å². The number of carbonyl (C=O) groups is 1. The molecule has 0 saturated carbocycles. The van der Waals surface area contributed by atoms with E-state index in [-0.39, 0.29) is 11.9 Å². The van der Waals surface area contributed by atoms with Crippen LogP contribution in [-0.2, 0) is 9.53 Å². The van der Waals surface area contributed by atoms with Crippen molar-refractivity contribution in [3.63, 3.8) is 0 Å². The summed E-state index contributed by atoms with van der Waals surface area (Å²) in [4.78, 5) is 11.8. The molecule has 20 heavy (non-hydrogen) atoms. The maximum absolute atomic E-state index is 11.8. The van der Waals surface area contributed by atoms with E-state index in [0.29, 0.717) is 13.2 Å². The molecule has 1 N–H and O–H groups in total. The second-order valence-corrected chi connectivity index (χ2v) is 4.86. The Morgan fingerprint density at radius 1 is 1.25 bits per heavy atom. The van der Waals surface area contributed by atoms with Crippen molar-refractivity contribution in [3.8, 4) is 11.5 Å². The SMILES string of the molecule is CO[C@H](C)C(=O)N[C@@H](C)c1ccc2c(c1)OCCCO2. The van der Waals surface area contributed by atoms with Crippen LogP contribution in [0.25, 0.3) is 0 Å². The highest BCUT2D eigenvalue weighted by Gasteiger charge is 2.17. The van der Waals surface area contributed by atoms with Gasteiger partial charge in [-0.3, -0.25) is 4.79 Å². The van der Waals surface area contributed by atoms with Crippen LogP contribution in [0.1, 0.15) is 31.9 Å². The summed E-state index contributed by atoms with van der Waals surface area (Å²) in [7, 11) is 1.52. The van der Waals surface area contributed by atoms with Crippen molar-refractivity contribution in [2.45, 2.75) is 32.4 Å². The first-order valence-electron chi connectivity index (χ1n) is 6.84. The minimum atomic E-state index is -0.460. The average molecular weight is 279 g/mol. The molecule has 2 rings (SSSR count). The molecule has 1 heterocycles. The van der Waals surface area contributed by atoms with Gasteiger partial charge in [0.05, 0.1) is 19.3 Å². The van der Waals surface area contributed by atoms with Crippen molar-refractivity contribution in [3.05, 3.63) is 23.8 Å². The highest BCUT2D eigenvalue weighted by atomic mass is 16.5. The molecule has 5 heteroatoms. The molecule has 1 aromatic rings. The second-order valence-electron chi connectivity index (χ2n) is 4.86. The summed E-state index contributed by atoms with van der Waals surface area (Å²) >= 11 is 0. The van der Waals surface area contributed by atoms with E-state index in [9.17, 15) is 4.79 Å². The van der Waals surface area contributed by atoms with Gasteiger partial charge in [0.25, 0.3) is 0 Å². The van der Waals surface area contributed by atoms with Crippen molar-refractivity contribution in [1.29, 1.82) is 0 Å². The van der Waals surface area contributed by atoms with Gasteiger partial charge in [-0.15, -0.1) is 0 Å². The number of rotatable bonds is 4. The zero-order chi connectivity index (χ0) is 14.5. The van der Waals surface area contributed by atoms with Crippen LogP contribution in [0, 0.1) is 0 Å². The van der Waals surface area contributed by atoms with Crippen LogP contribution >= 0.6 is 0 Å². The minimum Gasteiger partial charge on any atom is -0.490 e. The molecule has 0 saturated heterocycles. The zero-order valence-electron chi connectivity index (χ0n) is 12.1. The maximum Gasteiger partial charge on any atom is 0.249 e. The lowest BCUT2D eigenvalue weighted by molar-refractivity contribution is -0.130. The van der Waals surface area contributed by atoms with Gasteiger partial charge in [-0.2, -0.15) is 0 Å². The predicted molar refractivity (Wildman–Crippen MR) is 75.1 cm³/mol. The normalized spacial score (nSPS) is 16.9. The second kappa shape index (κ2) is 6.61. The van der Waals surface area contributed by atoms with Crippen molar-refractivity contribution < 1.29 is 19.0 Å². The number of hydrogen-bond donors (Lipinski definition) is 1. The van der Waals surface area contributed by atoms with Crippen molar-refractivity contribution in [1.82, 2.24) is 5.32 Å². The van der Waals surface area contributed by atoms with Crippen molar-refractivity contribution >= 4 is 5.91 Å². The van der Waals surface area contributed by atoms with E-state index >= 15 is 0 Å². The summed E-state index contributed by atoms with van der Waals surface area (Å²) in [5.74, 6) is 1.36. The van der Waals surface area contributed by atoms with Crippen molar-refractivity contribution in [2.75, 3.05) is 20.3 Å². The average Bonchev–Trinajstić information content (AvgIpc) is 2.70. The number of carbonyl (C=O) groups excluding carboxylic acids is 1. The Hall–Kier alpha value is -1.75. The number of methoxy groups -OCH3 is 1. The first kappa shape index (κ1) is 14.7. The standard InChI is InChI=1S/C15H21NO4/c1-10(16-15(17)11(2)18-3)12-5-6-13-14(9-12)20-8-4-7-19-13/h5-6,9-11H,4,7-8H2,1-3H3,(H,16,17)/t10-,11+/m0/s1. The van der Waals surface area contributed by atoms with Crippen LogP contribution in [0.4, 0.5) is 0 Å². The lowest BCUT2D eigenvalue weighted by Gasteiger charge is -2.18. The number of ether oxygens (including phenoxy) is 3. The van der Waals surface area contributed by atoms with Gasteiger partial charge in [-0.05, 0) is 31.5 Å². The topological polar surface area (TPSA) is 56.8 Å². The van der Waals surface area contributed by atoms with Crippen LogP contribution in [0.3, 0.4) is 0 Å². The fourth-order valence-electron chi connectivity index (χ4n) is 1.97. The quantitative estimate of drug-likeness (QED) is 0.916. The van der Waals surface area contributed by atoms with Gasteiger partial charge in [-0.1, -0.05) is 6.07 Å². The Morgan fingerprint density at radius 2 is 1.95 bits per heavy atom. The molecule has 0 aliphatic carbocycles. The lowest BCUT2D eigenvalue weighted by Crippen LogP contribution is -2.35. The molecule has 0 spiro atoms. The number of fused-ring (bicyclic) bond motifs is 1. The van der Waals surface area contributed by atoms with Gasteiger partial charge in [0, 0.05) is 13.5 Å². The highest BCUT2D eigenvalue weighted by Crippen LogP contribution is 2.32. The summed E-state index contributed by atoms with van der Waals surface area (Å²) < 4.78 is 16.2. The first-order valence-corrected chi connectivity index (χ1v) is 6.84. The number of amides is 1. The van der Waals surface area contributed by atoms with Crippen LogP contribution in [-0.4, -0.2) is 32.3 Å². The fraction of sp³-hybridized carbons (Fsp3) is 0.533. The van der Waals surface area contributed by atoms with E-state index in [0.717, 1.165) is 23.5 Å². The largest absolute Gasteiger partial charge is 0.490 e. The smallest absolute Gasteiger partial charge is 0.249 e. The molecule has 0 unspecified atom stereocenters. The van der Waals surface area contributed by atoms with Gasteiger partial charge in [0.1, 0.15) is 6.10 Å². The van der Waals surface area contributed by atoms with E-state index in [1.165, 1.54) is 7.11 Å². The molecule has 1 amide bonds. The van der Waals surface area contributed by atoms with Crippen molar-refractivity contribution in [2.24, 2.45) is 0 Å². The summed E-state index contributed by atoms with van der Waals surface area (Å²) in [5, 5.41) is 2.91. The van der Waals surface area contributed by atoms with Gasteiger partial charge >= 0.3 is 0 Å². The molecular formula is C15H21NO4. The van der Waals surface area contributed by atoms with Crippen LogP contribution < -0.4 is 14.8 Å². The summed E-state index contributed by atoms with van der Waals surface area (Å²) in [6.07, 6.45) is 0.416. The molecule has 0 radical (unpaired) electrons. The molecule has 1 aliphatic rings. The fourth-order valence-corrected chi connectivity index (χ4v) is 1.97. The predicted octanol–water partition coefficient (Wildman–Crippen LogP) is 2.06. The molecule has 0 fully saturated rings. The highest BCUT2D eigenvalue weighted by molar-refractivity contribution is 5.80. The Morgan fingerprint density at radius 3 is 2.65 bits per heavy atom. The van der Waals surface area contributed by atoms with Gasteiger partial charge in [-0.25, -0.2) is 0 Å². The lowest BCUT2D eigenvalue weighted by atomic mass is 10.1. The first-order chi connectivity index (χ1) is 9.61. The van der Waals surface area contributed by atoms with E-state index in [1.54, 1.807) is 6.92 Å². The van der Waals surface area contributed by atoms with E-state index in [2.05, 4.69) is 5.32 Å². The third kappa shape index (κ3) is 3.42. The van der Waals surface area contributed by atoms with E-state index in [4.69, 9.17) is 14.2 Å². The third-order valence-corrected chi connectivity index (χ3v) is 3.35. The molecule has 2 atom stereocenters. The number of hydrogen-bond acceptors (Lipinski definition) is 4. The molecule has 5 nitrogen and oxygen atoms in total. The van der Waals surface area contributed by atoms with Gasteiger partial charge in [0.2, 0.25) is 5.91 Å². The summed E-state index contributed by atoms with van der Waals surface area (Å²) in [6, 6.07) is 5.63. The monoisotopic (exact) mass is 279 g/mol. The Labute approximate surface area is 119 Å². The third-order valence-electron chi connectivity index (χ3n) is 3.35. The van der Waals surface area contributed by atoms with Crippen LogP contribution in [0.2, 0.25) is 0 Å². The zero-order valence-corrected chi connectivity index (χ0v) is 12.1. The minimum absolute atomic E-state index is 0.114. The molecule has 110 valence electrons. The van der Waals surface area contributed by atoms with E-state index < -0.39 is 6.10 Å². The van der Waals surface area contributed by atoms with Crippen LogP contribution in [0.15, 0.2) is 18.2 Å². The molecule has 0 aromatic heterocycles. The Bertz CT molecular complexity index is 475. The van der Waals surface area contributed by atoms with E-state index in [1.807, 2.05) is 25.1 Å². The summed E-state index contributed by atoms with van der Waals surface area (Å²) in [5.41, 5.74) is 0.978. The number of benzene rings is 1. The Kier molecular flexibility index (Phi) is 4.84. The summed E-state index contributed by atoms with van der Waals surface area (Å²) in [6.45, 7) is 4.97. The molecular weight excluding hydrogens is 258 g/mol. The molecule has 1 aliphatic heterocycles.